The normalized spacial score (nSPS) is 11.2. The summed E-state index contributed by atoms with van der Waals surface area (Å²) in [6.07, 6.45) is 0. The van der Waals surface area contributed by atoms with Crippen molar-refractivity contribution >= 4 is 17.5 Å². The van der Waals surface area contributed by atoms with Gasteiger partial charge in [0.25, 0.3) is 0 Å². The number of carbonyl (C=O) groups is 1. The van der Waals surface area contributed by atoms with Gasteiger partial charge < -0.3 is 10.4 Å². The Bertz CT molecular complexity index is 360. The molecule has 16 heavy (non-hydrogen) atoms. The third-order valence-electron chi connectivity index (χ3n) is 2.50. The van der Waals surface area contributed by atoms with Gasteiger partial charge >= 0.3 is 0 Å². The van der Waals surface area contributed by atoms with Crippen LogP contribution in [-0.4, -0.2) is 24.2 Å². The summed E-state index contributed by atoms with van der Waals surface area (Å²) in [5.74, 6) is -0.359. The Labute approximate surface area is 100 Å². The van der Waals surface area contributed by atoms with E-state index >= 15 is 0 Å². The highest BCUT2D eigenvalue weighted by Crippen LogP contribution is 2.23. The Morgan fingerprint density at radius 1 is 1.38 bits per heavy atom. The Morgan fingerprint density at radius 2 is 1.94 bits per heavy atom. The van der Waals surface area contributed by atoms with Crippen LogP contribution in [0, 0.1) is 0 Å². The minimum Gasteiger partial charge on any atom is -0.387 e. The second-order valence-corrected chi connectivity index (χ2v) is 4.76. The zero-order valence-corrected chi connectivity index (χ0v) is 10.2. The predicted molar refractivity (Wildman–Crippen MR) is 64.6 cm³/mol. The second kappa shape index (κ2) is 5.32. The number of nitrogens with one attached hydrogen (secondary N) is 1. The molecule has 0 saturated heterocycles. The van der Waals surface area contributed by atoms with Crippen LogP contribution in [0.15, 0.2) is 24.3 Å². The van der Waals surface area contributed by atoms with E-state index in [4.69, 9.17) is 16.7 Å². The minimum atomic E-state index is -0.475. The molecule has 0 saturated carbocycles. The summed E-state index contributed by atoms with van der Waals surface area (Å²) < 4.78 is 0. The molecule has 1 aromatic carbocycles. The lowest BCUT2D eigenvalue weighted by Gasteiger charge is -2.25. The molecule has 0 aliphatic carbocycles. The lowest BCUT2D eigenvalue weighted by Crippen LogP contribution is -2.37. The highest BCUT2D eigenvalue weighted by Gasteiger charge is 2.20. The Hall–Kier alpha value is -1.06. The van der Waals surface area contributed by atoms with E-state index in [0.717, 1.165) is 5.56 Å². The molecule has 1 amide bonds. The van der Waals surface area contributed by atoms with Crippen LogP contribution in [0.4, 0.5) is 0 Å². The topological polar surface area (TPSA) is 49.3 Å². The maximum Gasteiger partial charge on any atom is 0.245 e. The van der Waals surface area contributed by atoms with Gasteiger partial charge in [0.05, 0.1) is 0 Å². The summed E-state index contributed by atoms with van der Waals surface area (Å²) in [5.41, 5.74) is 0.908. The van der Waals surface area contributed by atoms with Gasteiger partial charge in [-0.1, -0.05) is 37.6 Å². The first-order valence-corrected chi connectivity index (χ1v) is 5.47. The number of amides is 1. The molecule has 1 aromatic rings. The van der Waals surface area contributed by atoms with E-state index in [1.54, 1.807) is 0 Å². The number of hydrogen-bond donors (Lipinski definition) is 2. The minimum absolute atomic E-state index is 0.185. The van der Waals surface area contributed by atoms with Gasteiger partial charge in [0.1, 0.15) is 6.61 Å². The fourth-order valence-corrected chi connectivity index (χ4v) is 1.50. The molecule has 1 rings (SSSR count). The number of carbonyl (C=O) groups excluding carboxylic acids is 1. The smallest absolute Gasteiger partial charge is 0.245 e. The van der Waals surface area contributed by atoms with Gasteiger partial charge in [-0.05, 0) is 17.7 Å². The lowest BCUT2D eigenvalue weighted by molar-refractivity contribution is -0.124. The third kappa shape index (κ3) is 3.51. The van der Waals surface area contributed by atoms with Crippen LogP contribution in [0.1, 0.15) is 19.4 Å². The maximum absolute atomic E-state index is 11.0. The summed E-state index contributed by atoms with van der Waals surface area (Å²) in [6.45, 7) is 4.05. The summed E-state index contributed by atoms with van der Waals surface area (Å²) in [4.78, 5) is 11.0. The monoisotopic (exact) mass is 241 g/mol. The van der Waals surface area contributed by atoms with E-state index in [-0.39, 0.29) is 11.3 Å². The molecule has 0 aliphatic rings. The Balaban J connectivity index is 2.69. The van der Waals surface area contributed by atoms with E-state index < -0.39 is 6.61 Å². The van der Waals surface area contributed by atoms with E-state index in [9.17, 15) is 4.79 Å². The van der Waals surface area contributed by atoms with Crippen LogP contribution in [0.2, 0.25) is 5.02 Å². The molecule has 0 spiro atoms. The van der Waals surface area contributed by atoms with Crippen LogP contribution in [0.3, 0.4) is 0 Å². The zero-order valence-electron chi connectivity index (χ0n) is 9.46. The highest BCUT2D eigenvalue weighted by molar-refractivity contribution is 6.30. The van der Waals surface area contributed by atoms with Gasteiger partial charge in [0.2, 0.25) is 5.91 Å². The summed E-state index contributed by atoms with van der Waals surface area (Å²) in [5, 5.41) is 12.0. The highest BCUT2D eigenvalue weighted by atomic mass is 35.5. The van der Waals surface area contributed by atoms with Crippen LogP contribution < -0.4 is 5.32 Å². The fourth-order valence-electron chi connectivity index (χ4n) is 1.38. The third-order valence-corrected chi connectivity index (χ3v) is 2.75. The summed E-state index contributed by atoms with van der Waals surface area (Å²) >= 11 is 5.81. The average Bonchev–Trinajstić information content (AvgIpc) is 2.26. The zero-order chi connectivity index (χ0) is 12.2. The molecular weight excluding hydrogens is 226 g/mol. The average molecular weight is 242 g/mol. The van der Waals surface area contributed by atoms with Crippen LogP contribution in [0.5, 0.6) is 0 Å². The van der Waals surface area contributed by atoms with E-state index in [1.807, 2.05) is 38.1 Å². The van der Waals surface area contributed by atoms with Crippen molar-refractivity contribution in [2.24, 2.45) is 0 Å². The number of aliphatic hydroxyl groups is 1. The predicted octanol–water partition coefficient (Wildman–Crippen LogP) is 1.73. The van der Waals surface area contributed by atoms with Gasteiger partial charge in [0, 0.05) is 17.0 Å². The van der Waals surface area contributed by atoms with E-state index in [0.29, 0.717) is 11.6 Å². The van der Waals surface area contributed by atoms with Crippen molar-refractivity contribution in [2.45, 2.75) is 19.3 Å². The van der Waals surface area contributed by atoms with Crippen molar-refractivity contribution < 1.29 is 9.90 Å². The first kappa shape index (κ1) is 13.0. The number of aliphatic hydroxyl groups excluding tert-OH is 1. The van der Waals surface area contributed by atoms with Crippen LogP contribution in [-0.2, 0) is 10.2 Å². The molecule has 0 fully saturated rings. The number of rotatable bonds is 4. The van der Waals surface area contributed by atoms with Gasteiger partial charge in [-0.2, -0.15) is 0 Å². The van der Waals surface area contributed by atoms with Crippen LogP contribution in [0.25, 0.3) is 0 Å². The quantitative estimate of drug-likeness (QED) is 0.844. The molecule has 0 aliphatic heterocycles. The molecule has 0 aromatic heterocycles. The van der Waals surface area contributed by atoms with Crippen molar-refractivity contribution in [1.82, 2.24) is 5.32 Å². The maximum atomic E-state index is 11.0. The molecule has 3 nitrogen and oxygen atoms in total. The van der Waals surface area contributed by atoms with Crippen LogP contribution >= 0.6 is 11.6 Å². The molecule has 0 atom stereocenters. The molecule has 4 heteroatoms. The molecule has 2 N–H and O–H groups in total. The van der Waals surface area contributed by atoms with Crippen molar-refractivity contribution in [3.63, 3.8) is 0 Å². The first-order chi connectivity index (χ1) is 7.45. The van der Waals surface area contributed by atoms with E-state index in [2.05, 4.69) is 5.32 Å². The summed E-state index contributed by atoms with van der Waals surface area (Å²) in [7, 11) is 0. The SMILES string of the molecule is CC(C)(CNC(=O)CO)c1ccc(Cl)cc1. The molecule has 0 unspecified atom stereocenters. The summed E-state index contributed by atoms with van der Waals surface area (Å²) in [6, 6.07) is 7.53. The number of halogens is 1. The standard InChI is InChI=1S/C12H16ClNO2/c1-12(2,8-14-11(16)7-15)9-3-5-10(13)6-4-9/h3-6,15H,7-8H2,1-2H3,(H,14,16). The van der Waals surface area contributed by atoms with Gasteiger partial charge in [0.15, 0.2) is 0 Å². The van der Waals surface area contributed by atoms with Crippen molar-refractivity contribution in [3.8, 4) is 0 Å². The number of hydrogen-bond acceptors (Lipinski definition) is 2. The first-order valence-electron chi connectivity index (χ1n) is 5.09. The van der Waals surface area contributed by atoms with Gasteiger partial charge in [-0.15, -0.1) is 0 Å². The Morgan fingerprint density at radius 3 is 2.44 bits per heavy atom. The van der Waals surface area contributed by atoms with Gasteiger partial charge in [-0.25, -0.2) is 0 Å². The fraction of sp³-hybridized carbons (Fsp3) is 0.417. The second-order valence-electron chi connectivity index (χ2n) is 4.33. The molecule has 0 heterocycles. The lowest BCUT2D eigenvalue weighted by atomic mass is 9.84. The molecule has 0 radical (unpaired) electrons. The Kier molecular flexibility index (Phi) is 4.33. The molecule has 0 bridgehead atoms. The van der Waals surface area contributed by atoms with Crippen molar-refractivity contribution in [1.29, 1.82) is 0 Å². The molecular formula is C12H16ClNO2. The number of benzene rings is 1. The largest absolute Gasteiger partial charge is 0.387 e. The van der Waals surface area contributed by atoms with Crippen molar-refractivity contribution in [3.05, 3.63) is 34.9 Å². The van der Waals surface area contributed by atoms with Crippen molar-refractivity contribution in [2.75, 3.05) is 13.2 Å². The van der Waals surface area contributed by atoms with E-state index in [1.165, 1.54) is 0 Å². The van der Waals surface area contributed by atoms with Gasteiger partial charge in [-0.3, -0.25) is 4.79 Å². The molecule has 88 valence electrons.